The van der Waals surface area contributed by atoms with E-state index in [0.29, 0.717) is 0 Å². The fourth-order valence-electron chi connectivity index (χ4n) is 0.834. The molecule has 1 aromatic carbocycles. The molecule has 0 saturated carbocycles. The number of hydrogen-bond donors (Lipinski definition) is 1. The number of aromatic hydroxyl groups is 1. The molecule has 0 radical (unpaired) electrons. The van der Waals surface area contributed by atoms with Gasteiger partial charge in [0.1, 0.15) is 11.5 Å². The summed E-state index contributed by atoms with van der Waals surface area (Å²) in [5, 5.41) is 8.44. The molecule has 74 valence electrons. The van der Waals surface area contributed by atoms with Gasteiger partial charge in [0, 0.05) is 17.7 Å². The minimum Gasteiger partial charge on any atom is -0.507 e. The second-order valence-corrected chi connectivity index (χ2v) is 2.94. The van der Waals surface area contributed by atoms with Gasteiger partial charge >= 0.3 is 5.43 Å². The predicted octanol–water partition coefficient (Wildman–Crippen LogP) is 2.51. The summed E-state index contributed by atoms with van der Waals surface area (Å²) < 4.78 is 4.44. The molecule has 4 nitrogen and oxygen atoms in total. The lowest BCUT2D eigenvalue weighted by Crippen LogP contribution is -1.97. The lowest BCUT2D eigenvalue weighted by atomic mass is 10.2. The molecule has 0 aromatic heterocycles. The van der Waals surface area contributed by atoms with Crippen molar-refractivity contribution >= 4 is 33.9 Å². The standard InChI is InChI=1S/C8H4Cl2O4/c9-7(12)5-2-1-4(3-6(5)11)14-8(10)13/h1-3,11H. The first kappa shape index (κ1) is 10.8. The van der Waals surface area contributed by atoms with E-state index in [1.807, 2.05) is 0 Å². The molecule has 6 heteroatoms. The van der Waals surface area contributed by atoms with Gasteiger partial charge in [-0.1, -0.05) is 0 Å². The van der Waals surface area contributed by atoms with E-state index in [1.54, 1.807) is 0 Å². The molecule has 0 amide bonds. The van der Waals surface area contributed by atoms with Crippen LogP contribution in [0, 0.1) is 0 Å². The number of halogens is 2. The fraction of sp³-hybridized carbons (Fsp3) is 0. The highest BCUT2D eigenvalue weighted by Crippen LogP contribution is 2.25. The third kappa shape index (κ3) is 2.61. The van der Waals surface area contributed by atoms with Crippen LogP contribution in [0.4, 0.5) is 4.79 Å². The van der Waals surface area contributed by atoms with E-state index in [9.17, 15) is 14.7 Å². The molecule has 14 heavy (non-hydrogen) atoms. The third-order valence-electron chi connectivity index (χ3n) is 1.38. The third-order valence-corrected chi connectivity index (χ3v) is 1.66. The van der Waals surface area contributed by atoms with Gasteiger partial charge in [0.25, 0.3) is 5.24 Å². The van der Waals surface area contributed by atoms with Crippen LogP contribution in [0.1, 0.15) is 10.4 Å². The highest BCUT2D eigenvalue weighted by molar-refractivity contribution is 6.68. The normalized spacial score (nSPS) is 9.57. The Morgan fingerprint density at radius 3 is 2.36 bits per heavy atom. The van der Waals surface area contributed by atoms with Crippen LogP contribution in [0.3, 0.4) is 0 Å². The van der Waals surface area contributed by atoms with Gasteiger partial charge in [-0.2, -0.15) is 0 Å². The van der Waals surface area contributed by atoms with E-state index in [2.05, 4.69) is 4.74 Å². The number of hydrogen-bond acceptors (Lipinski definition) is 4. The maximum absolute atomic E-state index is 10.7. The van der Waals surface area contributed by atoms with Crippen molar-refractivity contribution in [2.45, 2.75) is 0 Å². The van der Waals surface area contributed by atoms with Gasteiger partial charge in [0.05, 0.1) is 5.56 Å². The van der Waals surface area contributed by atoms with E-state index in [1.165, 1.54) is 12.1 Å². The first-order valence-corrected chi connectivity index (χ1v) is 4.16. The van der Waals surface area contributed by atoms with Crippen LogP contribution in [-0.2, 0) is 0 Å². The SMILES string of the molecule is O=C(Cl)Oc1ccc(C(=O)Cl)c(O)c1. The van der Waals surface area contributed by atoms with Crippen molar-refractivity contribution in [1.29, 1.82) is 0 Å². The minimum atomic E-state index is -1.03. The summed E-state index contributed by atoms with van der Waals surface area (Å²) in [6.45, 7) is 0. The second kappa shape index (κ2) is 4.30. The molecule has 0 heterocycles. The zero-order valence-electron chi connectivity index (χ0n) is 6.66. The maximum Gasteiger partial charge on any atom is 0.409 e. The molecule has 0 aliphatic carbocycles. The van der Waals surface area contributed by atoms with Crippen LogP contribution < -0.4 is 4.74 Å². The van der Waals surface area contributed by atoms with Crippen molar-refractivity contribution < 1.29 is 19.4 Å². The number of phenols is 1. The summed E-state index contributed by atoms with van der Waals surface area (Å²) in [5.41, 5.74) is -1.10. The molecule has 0 fully saturated rings. The fourth-order valence-corrected chi connectivity index (χ4v) is 1.08. The quantitative estimate of drug-likeness (QED) is 0.799. The summed E-state index contributed by atoms with van der Waals surface area (Å²) in [6, 6.07) is 3.57. The van der Waals surface area contributed by atoms with Crippen molar-refractivity contribution in [2.75, 3.05) is 0 Å². The minimum absolute atomic E-state index is 0.0316. The Morgan fingerprint density at radius 1 is 1.29 bits per heavy atom. The highest BCUT2D eigenvalue weighted by Gasteiger charge is 2.10. The molecule has 0 unspecified atom stereocenters. The van der Waals surface area contributed by atoms with Gasteiger partial charge in [0.15, 0.2) is 0 Å². The van der Waals surface area contributed by atoms with Crippen LogP contribution in [-0.4, -0.2) is 15.8 Å². The zero-order chi connectivity index (χ0) is 10.7. The number of benzene rings is 1. The van der Waals surface area contributed by atoms with Crippen LogP contribution >= 0.6 is 23.2 Å². The Kier molecular flexibility index (Phi) is 3.33. The molecule has 0 aliphatic heterocycles. The Bertz CT molecular complexity index is 389. The molecule has 1 rings (SSSR count). The average Bonchev–Trinajstić information content (AvgIpc) is 2.01. The summed E-state index contributed by atoms with van der Waals surface area (Å²) in [7, 11) is 0. The molecular weight excluding hydrogens is 231 g/mol. The Labute approximate surface area is 89.0 Å². The van der Waals surface area contributed by atoms with Crippen LogP contribution in [0.2, 0.25) is 0 Å². The van der Waals surface area contributed by atoms with Crippen molar-refractivity contribution in [3.8, 4) is 11.5 Å². The lowest BCUT2D eigenvalue weighted by molar-refractivity contribution is 0.107. The molecule has 0 aliphatic rings. The zero-order valence-corrected chi connectivity index (χ0v) is 8.17. The molecule has 0 bridgehead atoms. The number of carbonyl (C=O) groups excluding carboxylic acids is 2. The largest absolute Gasteiger partial charge is 0.507 e. The molecular formula is C8H4Cl2O4. The first-order chi connectivity index (χ1) is 6.50. The first-order valence-electron chi connectivity index (χ1n) is 3.41. The van der Waals surface area contributed by atoms with Crippen LogP contribution in [0.15, 0.2) is 18.2 Å². The Balaban J connectivity index is 3.00. The molecule has 1 N–H and O–H groups in total. The van der Waals surface area contributed by atoms with Crippen LogP contribution in [0.25, 0.3) is 0 Å². The topological polar surface area (TPSA) is 63.6 Å². The molecule has 1 aromatic rings. The molecule has 0 spiro atoms. The number of carbonyl (C=O) groups is 2. The van der Waals surface area contributed by atoms with E-state index in [0.717, 1.165) is 6.07 Å². The van der Waals surface area contributed by atoms with Crippen molar-refractivity contribution in [3.05, 3.63) is 23.8 Å². The van der Waals surface area contributed by atoms with Gasteiger partial charge in [-0.25, -0.2) is 4.79 Å². The van der Waals surface area contributed by atoms with Gasteiger partial charge in [-0.05, 0) is 23.7 Å². The number of rotatable bonds is 2. The van der Waals surface area contributed by atoms with E-state index in [4.69, 9.17) is 23.2 Å². The smallest absolute Gasteiger partial charge is 0.409 e. The van der Waals surface area contributed by atoms with Crippen molar-refractivity contribution in [1.82, 2.24) is 0 Å². The van der Waals surface area contributed by atoms with E-state index in [-0.39, 0.29) is 17.1 Å². The average molecular weight is 235 g/mol. The highest BCUT2D eigenvalue weighted by atomic mass is 35.5. The number of ether oxygens (including phenoxy) is 1. The van der Waals surface area contributed by atoms with Gasteiger partial charge < -0.3 is 9.84 Å². The number of phenolic OH excluding ortho intramolecular Hbond substituents is 1. The molecule has 0 saturated heterocycles. The summed E-state index contributed by atoms with van der Waals surface area (Å²) >= 11 is 10.1. The van der Waals surface area contributed by atoms with Crippen molar-refractivity contribution in [3.63, 3.8) is 0 Å². The summed E-state index contributed by atoms with van der Waals surface area (Å²) in [4.78, 5) is 21.0. The predicted molar refractivity (Wildman–Crippen MR) is 50.2 cm³/mol. The second-order valence-electron chi connectivity index (χ2n) is 2.29. The Morgan fingerprint density at radius 2 is 1.93 bits per heavy atom. The summed E-state index contributed by atoms with van der Waals surface area (Å²) in [5.74, 6) is -0.343. The maximum atomic E-state index is 10.7. The summed E-state index contributed by atoms with van der Waals surface area (Å²) in [6.07, 6.45) is 0. The lowest BCUT2D eigenvalue weighted by Gasteiger charge is -2.02. The van der Waals surface area contributed by atoms with Crippen molar-refractivity contribution in [2.24, 2.45) is 0 Å². The van der Waals surface area contributed by atoms with E-state index >= 15 is 0 Å². The van der Waals surface area contributed by atoms with Gasteiger partial charge in [-0.15, -0.1) is 0 Å². The Hall–Kier alpha value is -1.26. The van der Waals surface area contributed by atoms with Crippen LogP contribution in [0.5, 0.6) is 11.5 Å². The van der Waals surface area contributed by atoms with Gasteiger partial charge in [0.2, 0.25) is 0 Å². The van der Waals surface area contributed by atoms with E-state index < -0.39 is 10.7 Å². The van der Waals surface area contributed by atoms with Gasteiger partial charge in [-0.3, -0.25) is 4.79 Å². The molecule has 0 atom stereocenters. The monoisotopic (exact) mass is 234 g/mol.